The second kappa shape index (κ2) is 7.35. The molecule has 0 bridgehead atoms. The number of halogens is 3. The van der Waals surface area contributed by atoms with Gasteiger partial charge in [-0.25, -0.2) is 0 Å². The molecule has 0 unspecified atom stereocenters. The number of thiocarbonyl (C=S) groups is 1. The van der Waals surface area contributed by atoms with Crippen LogP contribution < -0.4 is 10.9 Å². The highest BCUT2D eigenvalue weighted by molar-refractivity contribution is 8.23. The third-order valence-corrected chi connectivity index (χ3v) is 3.86. The average Bonchev–Trinajstić information content (AvgIpc) is 2.53. The van der Waals surface area contributed by atoms with Gasteiger partial charge in [-0.2, -0.15) is 18.4 Å². The van der Waals surface area contributed by atoms with Crippen LogP contribution >= 0.6 is 24.0 Å². The summed E-state index contributed by atoms with van der Waals surface area (Å²) in [7, 11) is 0. The molecule has 0 amide bonds. The molecule has 0 radical (unpaired) electrons. The van der Waals surface area contributed by atoms with Crippen LogP contribution in [0.15, 0.2) is 53.4 Å². The Hall–Kier alpha value is -2.24. The highest BCUT2D eigenvalue weighted by Crippen LogP contribution is 2.33. The normalized spacial score (nSPS) is 10.7. The van der Waals surface area contributed by atoms with Gasteiger partial charge in [0.2, 0.25) is 0 Å². The van der Waals surface area contributed by atoms with Crippen LogP contribution in [-0.2, 0) is 6.18 Å². The summed E-state index contributed by atoms with van der Waals surface area (Å²) in [5.74, 6) is 0. The Morgan fingerprint density at radius 2 is 1.83 bits per heavy atom. The van der Waals surface area contributed by atoms with Crippen LogP contribution in [0.25, 0.3) is 0 Å². The zero-order chi connectivity index (χ0) is 16.9. The number of hydrogen-bond donors (Lipinski definition) is 2. The van der Waals surface area contributed by atoms with Gasteiger partial charge < -0.3 is 0 Å². The number of anilines is 1. The first kappa shape index (κ1) is 17.1. The molecule has 2 N–H and O–H groups in total. The van der Waals surface area contributed by atoms with E-state index in [0.29, 0.717) is 4.32 Å². The number of thioether (sulfide) groups is 1. The maximum absolute atomic E-state index is 12.9. The summed E-state index contributed by atoms with van der Waals surface area (Å²) in [5.41, 5.74) is 4.01. The van der Waals surface area contributed by atoms with E-state index < -0.39 is 17.3 Å². The monoisotopic (exact) mass is 353 g/mol. The molecular weight excluding hydrogens is 343 g/mol. The summed E-state index contributed by atoms with van der Waals surface area (Å²) in [4.78, 5) is 0.905. The lowest BCUT2D eigenvalue weighted by molar-refractivity contribution is -0.137. The van der Waals surface area contributed by atoms with Crippen molar-refractivity contribution in [2.75, 3.05) is 5.43 Å². The highest BCUT2D eigenvalue weighted by Gasteiger charge is 2.33. The molecule has 0 heterocycles. The molecule has 0 aliphatic rings. The fraction of sp³-hybridized carbons (Fsp3) is 0.0667. The van der Waals surface area contributed by atoms with Crippen LogP contribution in [0.2, 0.25) is 0 Å². The molecule has 2 aromatic carbocycles. The van der Waals surface area contributed by atoms with E-state index in [9.17, 15) is 13.2 Å². The zero-order valence-electron chi connectivity index (χ0n) is 11.5. The van der Waals surface area contributed by atoms with Gasteiger partial charge in [-0.15, -0.1) is 0 Å². The largest absolute Gasteiger partial charge is 0.417 e. The minimum absolute atomic E-state index is 0.160. The number of hydrazine groups is 1. The minimum Gasteiger partial charge on any atom is -0.300 e. The molecular formula is C15H10F3N3S2. The third kappa shape index (κ3) is 4.87. The van der Waals surface area contributed by atoms with Crippen LogP contribution in [0.3, 0.4) is 0 Å². The standard InChI is InChI=1S/C15H10F3N3S2/c16-15(17,18)13-8-11(7-6-10(13)9-19)20-21-14(22)23-12-4-2-1-3-5-12/h1-8,20H,(H,21,22). The number of hydrogen-bond acceptors (Lipinski definition) is 4. The number of nitrogens with one attached hydrogen (secondary N) is 2. The Labute approximate surface area is 140 Å². The van der Waals surface area contributed by atoms with Gasteiger partial charge in [-0.1, -0.05) is 42.2 Å². The van der Waals surface area contributed by atoms with Crippen molar-refractivity contribution in [3.05, 3.63) is 59.7 Å². The second-order valence-corrected chi connectivity index (χ2v) is 6.07. The van der Waals surface area contributed by atoms with Crippen molar-refractivity contribution >= 4 is 34.0 Å². The Bertz CT molecular complexity index is 740. The van der Waals surface area contributed by atoms with Gasteiger partial charge in [0, 0.05) is 4.90 Å². The lowest BCUT2D eigenvalue weighted by atomic mass is 10.1. The van der Waals surface area contributed by atoms with Gasteiger partial charge in [0.1, 0.15) is 0 Å². The lowest BCUT2D eigenvalue weighted by Crippen LogP contribution is -2.25. The van der Waals surface area contributed by atoms with Gasteiger partial charge in [-0.3, -0.25) is 10.9 Å². The molecule has 0 aliphatic carbocycles. The fourth-order valence-electron chi connectivity index (χ4n) is 1.70. The van der Waals surface area contributed by atoms with Crippen LogP contribution in [0, 0.1) is 11.3 Å². The summed E-state index contributed by atoms with van der Waals surface area (Å²) < 4.78 is 39.0. The Morgan fingerprint density at radius 3 is 2.43 bits per heavy atom. The van der Waals surface area contributed by atoms with E-state index in [0.717, 1.165) is 17.0 Å². The zero-order valence-corrected chi connectivity index (χ0v) is 13.1. The molecule has 0 aliphatic heterocycles. The van der Waals surface area contributed by atoms with Crippen molar-refractivity contribution < 1.29 is 13.2 Å². The van der Waals surface area contributed by atoms with E-state index in [1.54, 1.807) is 0 Å². The summed E-state index contributed by atoms with van der Waals surface area (Å²) in [6, 6.07) is 14.2. The average molecular weight is 353 g/mol. The van der Waals surface area contributed by atoms with Crippen molar-refractivity contribution in [2.24, 2.45) is 0 Å². The number of nitriles is 1. The highest BCUT2D eigenvalue weighted by atomic mass is 32.2. The summed E-state index contributed by atoms with van der Waals surface area (Å²) in [6.07, 6.45) is -4.60. The van der Waals surface area contributed by atoms with Crippen molar-refractivity contribution in [1.29, 1.82) is 5.26 Å². The van der Waals surface area contributed by atoms with Gasteiger partial charge in [0.25, 0.3) is 0 Å². The number of nitrogens with zero attached hydrogens (tertiary/aromatic N) is 1. The van der Waals surface area contributed by atoms with E-state index in [4.69, 9.17) is 17.5 Å². The molecule has 2 aromatic rings. The van der Waals surface area contributed by atoms with Crippen molar-refractivity contribution in [1.82, 2.24) is 5.43 Å². The van der Waals surface area contributed by atoms with Crippen LogP contribution in [0.5, 0.6) is 0 Å². The topological polar surface area (TPSA) is 47.9 Å². The van der Waals surface area contributed by atoms with E-state index in [-0.39, 0.29) is 5.69 Å². The van der Waals surface area contributed by atoms with Crippen molar-refractivity contribution in [2.45, 2.75) is 11.1 Å². The van der Waals surface area contributed by atoms with Gasteiger partial charge in [0.15, 0.2) is 4.32 Å². The lowest BCUT2D eigenvalue weighted by Gasteiger charge is -2.13. The molecule has 3 nitrogen and oxygen atoms in total. The predicted molar refractivity (Wildman–Crippen MR) is 87.8 cm³/mol. The maximum atomic E-state index is 12.9. The quantitative estimate of drug-likeness (QED) is 0.481. The minimum atomic E-state index is -4.60. The first-order valence-corrected chi connectivity index (χ1v) is 7.53. The van der Waals surface area contributed by atoms with Crippen LogP contribution in [-0.4, -0.2) is 4.32 Å². The molecule has 0 fully saturated rings. The number of rotatable bonds is 3. The molecule has 8 heteroatoms. The van der Waals surface area contributed by atoms with E-state index in [1.165, 1.54) is 23.9 Å². The Kier molecular flexibility index (Phi) is 5.47. The predicted octanol–water partition coefficient (Wildman–Crippen LogP) is 4.57. The molecule has 0 spiro atoms. The fourth-order valence-corrected chi connectivity index (χ4v) is 2.65. The van der Waals surface area contributed by atoms with Gasteiger partial charge >= 0.3 is 6.18 Å². The van der Waals surface area contributed by atoms with Crippen LogP contribution in [0.1, 0.15) is 11.1 Å². The number of alkyl halides is 3. The first-order valence-electron chi connectivity index (χ1n) is 6.30. The molecule has 0 saturated carbocycles. The summed E-state index contributed by atoms with van der Waals surface area (Å²) in [6.45, 7) is 0. The molecule has 118 valence electrons. The maximum Gasteiger partial charge on any atom is 0.417 e. The van der Waals surface area contributed by atoms with Crippen LogP contribution in [0.4, 0.5) is 18.9 Å². The van der Waals surface area contributed by atoms with Crippen molar-refractivity contribution in [3.63, 3.8) is 0 Å². The smallest absolute Gasteiger partial charge is 0.300 e. The Balaban J connectivity index is 2.04. The van der Waals surface area contributed by atoms with E-state index >= 15 is 0 Å². The SMILES string of the molecule is N#Cc1ccc(NNC(=S)Sc2ccccc2)cc1C(F)(F)F. The first-order chi connectivity index (χ1) is 10.9. The molecule has 0 saturated heterocycles. The number of benzene rings is 2. The Morgan fingerprint density at radius 1 is 1.13 bits per heavy atom. The third-order valence-electron chi connectivity index (χ3n) is 2.71. The second-order valence-electron chi connectivity index (χ2n) is 4.32. The van der Waals surface area contributed by atoms with E-state index in [1.807, 2.05) is 30.3 Å². The molecule has 2 rings (SSSR count). The van der Waals surface area contributed by atoms with E-state index in [2.05, 4.69) is 10.9 Å². The van der Waals surface area contributed by atoms with Gasteiger partial charge in [0.05, 0.1) is 22.9 Å². The molecule has 23 heavy (non-hydrogen) atoms. The molecule has 0 atom stereocenters. The van der Waals surface area contributed by atoms with Gasteiger partial charge in [-0.05, 0) is 30.3 Å². The molecule has 0 aromatic heterocycles. The summed E-state index contributed by atoms with van der Waals surface area (Å²) in [5, 5.41) is 8.74. The van der Waals surface area contributed by atoms with Crippen molar-refractivity contribution in [3.8, 4) is 6.07 Å². The summed E-state index contributed by atoms with van der Waals surface area (Å²) >= 11 is 6.37.